The van der Waals surface area contributed by atoms with Gasteiger partial charge in [0.05, 0.1) is 17.6 Å². The summed E-state index contributed by atoms with van der Waals surface area (Å²) < 4.78 is 12.4. The maximum absolute atomic E-state index is 12.1. The van der Waals surface area contributed by atoms with Gasteiger partial charge in [0.1, 0.15) is 6.61 Å². The smallest absolute Gasteiger partial charge is 0.234 e. The van der Waals surface area contributed by atoms with Crippen LogP contribution in [-0.2, 0) is 11.3 Å². The fourth-order valence-electron chi connectivity index (χ4n) is 3.28. The van der Waals surface area contributed by atoms with Crippen molar-refractivity contribution in [3.05, 3.63) is 34.8 Å². The van der Waals surface area contributed by atoms with Crippen molar-refractivity contribution in [1.29, 1.82) is 0 Å². The van der Waals surface area contributed by atoms with E-state index in [0.717, 1.165) is 42.9 Å². The van der Waals surface area contributed by atoms with Crippen molar-refractivity contribution in [2.24, 2.45) is 0 Å². The first-order valence-electron chi connectivity index (χ1n) is 10.2. The Morgan fingerprint density at radius 2 is 1.86 bits per heavy atom. The molecule has 1 aromatic rings. The van der Waals surface area contributed by atoms with Crippen LogP contribution in [0.2, 0.25) is 0 Å². The fraction of sp³-hybridized carbons (Fsp3) is 0.591. The molecular formula is C22H34BrN3O3. The molecule has 162 valence electrons. The average Bonchev–Trinajstić information content (AvgIpc) is 2.61. The van der Waals surface area contributed by atoms with Crippen molar-refractivity contribution in [2.45, 2.75) is 39.8 Å². The third-order valence-corrected chi connectivity index (χ3v) is 5.06. The van der Waals surface area contributed by atoms with Gasteiger partial charge in [-0.25, -0.2) is 0 Å². The Kier molecular flexibility index (Phi) is 8.99. The SMILES string of the molecule is C=CCOc1c(Br)cc(CN2CCN(CC(=O)NC(C)(C)C)CC2)cc1OCC. The van der Waals surface area contributed by atoms with Crippen LogP contribution in [0.1, 0.15) is 33.3 Å². The van der Waals surface area contributed by atoms with E-state index in [0.29, 0.717) is 25.5 Å². The fourth-order valence-corrected chi connectivity index (χ4v) is 3.89. The zero-order valence-corrected chi connectivity index (χ0v) is 19.7. The summed E-state index contributed by atoms with van der Waals surface area (Å²) in [5, 5.41) is 3.03. The van der Waals surface area contributed by atoms with Gasteiger partial charge >= 0.3 is 0 Å². The maximum Gasteiger partial charge on any atom is 0.234 e. The minimum Gasteiger partial charge on any atom is -0.490 e. The van der Waals surface area contributed by atoms with E-state index in [4.69, 9.17) is 9.47 Å². The van der Waals surface area contributed by atoms with E-state index in [-0.39, 0.29) is 11.4 Å². The molecule has 1 aromatic carbocycles. The average molecular weight is 468 g/mol. The Labute approximate surface area is 183 Å². The molecule has 1 heterocycles. The Hall–Kier alpha value is -1.57. The summed E-state index contributed by atoms with van der Waals surface area (Å²) >= 11 is 3.61. The first-order valence-corrected chi connectivity index (χ1v) is 11.0. The maximum atomic E-state index is 12.1. The Morgan fingerprint density at radius 1 is 1.21 bits per heavy atom. The molecule has 0 saturated carbocycles. The van der Waals surface area contributed by atoms with E-state index in [1.165, 1.54) is 5.56 Å². The number of amides is 1. The van der Waals surface area contributed by atoms with Gasteiger partial charge in [0, 0.05) is 38.3 Å². The molecule has 2 rings (SSSR count). The van der Waals surface area contributed by atoms with E-state index in [2.05, 4.69) is 49.8 Å². The van der Waals surface area contributed by atoms with Crippen LogP contribution < -0.4 is 14.8 Å². The summed E-state index contributed by atoms with van der Waals surface area (Å²) in [6.07, 6.45) is 1.72. The highest BCUT2D eigenvalue weighted by Gasteiger charge is 2.22. The number of carbonyl (C=O) groups excluding carboxylic acids is 1. The molecule has 6 nitrogen and oxygen atoms in total. The largest absolute Gasteiger partial charge is 0.490 e. The van der Waals surface area contributed by atoms with Crippen LogP contribution in [0.3, 0.4) is 0 Å². The van der Waals surface area contributed by atoms with Gasteiger partial charge in [0.15, 0.2) is 11.5 Å². The summed E-state index contributed by atoms with van der Waals surface area (Å²) in [5.74, 6) is 1.55. The van der Waals surface area contributed by atoms with Crippen LogP contribution in [-0.4, -0.2) is 67.2 Å². The van der Waals surface area contributed by atoms with Crippen molar-refractivity contribution in [3.8, 4) is 11.5 Å². The number of nitrogens with one attached hydrogen (secondary N) is 1. The molecule has 1 saturated heterocycles. The molecule has 0 atom stereocenters. The molecule has 0 radical (unpaired) electrons. The lowest BCUT2D eigenvalue weighted by molar-refractivity contribution is -0.124. The summed E-state index contributed by atoms with van der Waals surface area (Å²) in [7, 11) is 0. The van der Waals surface area contributed by atoms with E-state index in [1.807, 2.05) is 27.7 Å². The molecule has 0 aliphatic carbocycles. The van der Waals surface area contributed by atoms with Crippen molar-refractivity contribution in [1.82, 2.24) is 15.1 Å². The zero-order chi connectivity index (χ0) is 21.4. The number of benzene rings is 1. The van der Waals surface area contributed by atoms with E-state index in [9.17, 15) is 4.79 Å². The first kappa shape index (κ1) is 23.7. The standard InChI is InChI=1S/C22H34BrN3O3/c1-6-12-29-21-18(23)13-17(14-19(21)28-7-2)15-25-8-10-26(11-9-25)16-20(27)24-22(3,4)5/h6,13-14H,1,7-12,15-16H2,2-5H3,(H,24,27). The minimum atomic E-state index is -0.188. The molecular weight excluding hydrogens is 434 g/mol. The number of hydrogen-bond donors (Lipinski definition) is 1. The number of halogens is 1. The number of piperazine rings is 1. The van der Waals surface area contributed by atoms with Crippen molar-refractivity contribution in [2.75, 3.05) is 45.9 Å². The number of hydrogen-bond acceptors (Lipinski definition) is 5. The highest BCUT2D eigenvalue weighted by molar-refractivity contribution is 9.10. The topological polar surface area (TPSA) is 54.0 Å². The molecule has 7 heteroatoms. The van der Waals surface area contributed by atoms with E-state index < -0.39 is 0 Å². The number of carbonyl (C=O) groups is 1. The zero-order valence-electron chi connectivity index (χ0n) is 18.1. The lowest BCUT2D eigenvalue weighted by Gasteiger charge is -2.35. The molecule has 0 bridgehead atoms. The monoisotopic (exact) mass is 467 g/mol. The molecule has 1 aliphatic rings. The van der Waals surface area contributed by atoms with Gasteiger partial charge in [-0.2, -0.15) is 0 Å². The minimum absolute atomic E-state index is 0.0892. The van der Waals surface area contributed by atoms with Crippen LogP contribution in [0.4, 0.5) is 0 Å². The van der Waals surface area contributed by atoms with Gasteiger partial charge in [0.25, 0.3) is 0 Å². The highest BCUT2D eigenvalue weighted by atomic mass is 79.9. The predicted octanol–water partition coefficient (Wildman–Crippen LogP) is 3.44. The third-order valence-electron chi connectivity index (χ3n) is 4.47. The molecule has 1 fully saturated rings. The molecule has 0 unspecified atom stereocenters. The predicted molar refractivity (Wildman–Crippen MR) is 121 cm³/mol. The second-order valence-electron chi connectivity index (χ2n) is 8.29. The Morgan fingerprint density at radius 3 is 2.45 bits per heavy atom. The van der Waals surface area contributed by atoms with Gasteiger partial charge in [-0.1, -0.05) is 12.7 Å². The van der Waals surface area contributed by atoms with E-state index >= 15 is 0 Å². The lowest BCUT2D eigenvalue weighted by atomic mass is 10.1. The molecule has 29 heavy (non-hydrogen) atoms. The van der Waals surface area contributed by atoms with Crippen LogP contribution in [0.15, 0.2) is 29.3 Å². The summed E-state index contributed by atoms with van der Waals surface area (Å²) in [5.41, 5.74) is 0.983. The lowest BCUT2D eigenvalue weighted by Crippen LogP contribution is -2.51. The van der Waals surface area contributed by atoms with Crippen molar-refractivity contribution in [3.63, 3.8) is 0 Å². The number of nitrogens with zero attached hydrogens (tertiary/aromatic N) is 2. The van der Waals surface area contributed by atoms with Gasteiger partial charge < -0.3 is 14.8 Å². The summed E-state index contributed by atoms with van der Waals surface area (Å²) in [6.45, 7) is 17.6. The van der Waals surface area contributed by atoms with Crippen molar-refractivity contribution < 1.29 is 14.3 Å². The first-order chi connectivity index (χ1) is 13.7. The summed E-state index contributed by atoms with van der Waals surface area (Å²) in [6, 6.07) is 4.14. The molecule has 1 amide bonds. The quantitative estimate of drug-likeness (QED) is 0.563. The van der Waals surface area contributed by atoms with Gasteiger partial charge in [-0.15, -0.1) is 0 Å². The van der Waals surface area contributed by atoms with Crippen LogP contribution in [0.25, 0.3) is 0 Å². The van der Waals surface area contributed by atoms with Gasteiger partial charge in [-0.05, 0) is 61.3 Å². The van der Waals surface area contributed by atoms with E-state index in [1.54, 1.807) is 6.08 Å². The molecule has 1 N–H and O–H groups in total. The molecule has 0 aromatic heterocycles. The number of ether oxygens (including phenoxy) is 2. The molecule has 0 spiro atoms. The molecule has 1 aliphatic heterocycles. The van der Waals surface area contributed by atoms with Gasteiger partial charge in [-0.3, -0.25) is 14.6 Å². The van der Waals surface area contributed by atoms with Crippen molar-refractivity contribution >= 4 is 21.8 Å². The number of rotatable bonds is 9. The summed E-state index contributed by atoms with van der Waals surface area (Å²) in [4.78, 5) is 16.8. The highest BCUT2D eigenvalue weighted by Crippen LogP contribution is 2.37. The van der Waals surface area contributed by atoms with Crippen LogP contribution in [0, 0.1) is 0 Å². The third kappa shape index (κ3) is 7.99. The second kappa shape index (κ2) is 11.0. The van der Waals surface area contributed by atoms with Gasteiger partial charge in [0.2, 0.25) is 5.91 Å². The normalized spacial score (nSPS) is 15.8. The van der Waals surface area contributed by atoms with Crippen LogP contribution >= 0.6 is 15.9 Å². The van der Waals surface area contributed by atoms with Crippen LogP contribution in [0.5, 0.6) is 11.5 Å². The Bertz CT molecular complexity index is 695. The Balaban J connectivity index is 1.92. The second-order valence-corrected chi connectivity index (χ2v) is 9.14.